The molecule has 0 N–H and O–H groups in total. The van der Waals surface area contributed by atoms with Gasteiger partial charge in [-0.2, -0.15) is 0 Å². The number of unbranched alkanes of at least 4 members (excludes halogenated alkanes) is 1. The van der Waals surface area contributed by atoms with Gasteiger partial charge in [-0.3, -0.25) is 4.79 Å². The molecule has 3 nitrogen and oxygen atoms in total. The highest BCUT2D eigenvalue weighted by molar-refractivity contribution is 5.69. The lowest BCUT2D eigenvalue weighted by molar-refractivity contribution is -0.142. The normalized spacial score (nSPS) is 8.73. The van der Waals surface area contributed by atoms with E-state index in [1.165, 1.54) is 6.08 Å². The highest BCUT2D eigenvalue weighted by Gasteiger charge is 1.99. The van der Waals surface area contributed by atoms with Crippen molar-refractivity contribution in [3.8, 4) is 0 Å². The third-order valence-corrected chi connectivity index (χ3v) is 1.07. The minimum absolute atomic E-state index is 0.250. The SMILES string of the molecule is C=CCOC(=O)CCCC=O. The first-order valence-corrected chi connectivity index (χ1v) is 3.51. The molecule has 0 aliphatic rings. The number of ether oxygens (including phenoxy) is 1. The molecule has 0 spiro atoms. The van der Waals surface area contributed by atoms with Gasteiger partial charge < -0.3 is 9.53 Å². The molecule has 0 rings (SSSR count). The first-order valence-electron chi connectivity index (χ1n) is 3.51. The van der Waals surface area contributed by atoms with Crippen molar-refractivity contribution in [2.45, 2.75) is 19.3 Å². The van der Waals surface area contributed by atoms with Crippen LogP contribution < -0.4 is 0 Å². The molecule has 0 bridgehead atoms. The predicted octanol–water partition coefficient (Wildman–Crippen LogP) is 1.08. The molecule has 0 heterocycles. The molecule has 0 saturated carbocycles. The minimum atomic E-state index is -0.272. The number of carbonyl (C=O) groups excluding carboxylic acids is 2. The summed E-state index contributed by atoms with van der Waals surface area (Å²) in [7, 11) is 0. The molecule has 0 aliphatic heterocycles. The summed E-state index contributed by atoms with van der Waals surface area (Å²) in [5, 5.41) is 0. The van der Waals surface area contributed by atoms with Crippen molar-refractivity contribution in [1.82, 2.24) is 0 Å². The molecule has 0 radical (unpaired) electrons. The Kier molecular flexibility index (Phi) is 6.28. The first-order chi connectivity index (χ1) is 5.31. The summed E-state index contributed by atoms with van der Waals surface area (Å²) in [6.07, 6.45) is 3.60. The molecule has 0 aromatic carbocycles. The van der Waals surface area contributed by atoms with Gasteiger partial charge in [0.05, 0.1) is 0 Å². The Labute approximate surface area is 66.0 Å². The van der Waals surface area contributed by atoms with Crippen LogP contribution in [0.25, 0.3) is 0 Å². The van der Waals surface area contributed by atoms with Crippen LogP contribution in [0.15, 0.2) is 12.7 Å². The highest BCUT2D eigenvalue weighted by atomic mass is 16.5. The maximum Gasteiger partial charge on any atom is 0.306 e. The number of rotatable bonds is 6. The maximum absolute atomic E-state index is 10.7. The van der Waals surface area contributed by atoms with E-state index in [1.807, 2.05) is 0 Å². The van der Waals surface area contributed by atoms with Crippen molar-refractivity contribution in [3.63, 3.8) is 0 Å². The van der Waals surface area contributed by atoms with E-state index in [9.17, 15) is 9.59 Å². The molecule has 3 heteroatoms. The standard InChI is InChI=1S/C8H12O3/c1-2-7-11-8(10)5-3-4-6-9/h2,6H,1,3-5,7H2. The Bertz CT molecular complexity index is 140. The van der Waals surface area contributed by atoms with Crippen molar-refractivity contribution in [1.29, 1.82) is 0 Å². The van der Waals surface area contributed by atoms with E-state index in [0.717, 1.165) is 6.29 Å². The molecule has 0 aromatic heterocycles. The summed E-state index contributed by atoms with van der Waals surface area (Å²) in [5.74, 6) is -0.272. The van der Waals surface area contributed by atoms with Crippen LogP contribution >= 0.6 is 0 Å². The number of carbonyl (C=O) groups is 2. The van der Waals surface area contributed by atoms with Crippen LogP contribution in [0.3, 0.4) is 0 Å². The molecular formula is C8H12O3. The van der Waals surface area contributed by atoms with E-state index >= 15 is 0 Å². The Balaban J connectivity index is 3.21. The fourth-order valence-corrected chi connectivity index (χ4v) is 0.554. The Morgan fingerprint density at radius 2 is 2.27 bits per heavy atom. The monoisotopic (exact) mass is 156 g/mol. The van der Waals surface area contributed by atoms with Gasteiger partial charge in [-0.25, -0.2) is 0 Å². The molecule has 11 heavy (non-hydrogen) atoms. The molecule has 0 atom stereocenters. The third kappa shape index (κ3) is 6.77. The summed E-state index contributed by atoms with van der Waals surface area (Å²) >= 11 is 0. The Hall–Kier alpha value is -1.12. The second-order valence-corrected chi connectivity index (χ2v) is 2.03. The Morgan fingerprint density at radius 1 is 1.55 bits per heavy atom. The van der Waals surface area contributed by atoms with Gasteiger partial charge in [-0.15, -0.1) is 0 Å². The predicted molar refractivity (Wildman–Crippen MR) is 41.1 cm³/mol. The molecule has 0 aliphatic carbocycles. The van der Waals surface area contributed by atoms with E-state index in [1.54, 1.807) is 0 Å². The Morgan fingerprint density at radius 3 is 2.82 bits per heavy atom. The second-order valence-electron chi connectivity index (χ2n) is 2.03. The molecule has 0 amide bonds. The smallest absolute Gasteiger partial charge is 0.306 e. The molecular weight excluding hydrogens is 144 g/mol. The minimum Gasteiger partial charge on any atom is -0.461 e. The van der Waals surface area contributed by atoms with Gasteiger partial charge in [0.1, 0.15) is 12.9 Å². The van der Waals surface area contributed by atoms with Gasteiger partial charge in [-0.1, -0.05) is 12.7 Å². The van der Waals surface area contributed by atoms with Crippen molar-refractivity contribution >= 4 is 12.3 Å². The summed E-state index contributed by atoms with van der Waals surface area (Å²) in [4.78, 5) is 20.5. The fraction of sp³-hybridized carbons (Fsp3) is 0.500. The highest BCUT2D eigenvalue weighted by Crippen LogP contribution is 1.94. The molecule has 62 valence electrons. The number of aldehydes is 1. The summed E-state index contributed by atoms with van der Waals surface area (Å²) in [6.45, 7) is 3.65. The van der Waals surface area contributed by atoms with Crippen LogP contribution in [-0.4, -0.2) is 18.9 Å². The van der Waals surface area contributed by atoms with Gasteiger partial charge in [0.15, 0.2) is 0 Å². The van der Waals surface area contributed by atoms with Crippen molar-refractivity contribution in [2.24, 2.45) is 0 Å². The van der Waals surface area contributed by atoms with Gasteiger partial charge in [0.25, 0.3) is 0 Å². The molecule has 0 fully saturated rings. The summed E-state index contributed by atoms with van der Waals surface area (Å²) in [6, 6.07) is 0. The van der Waals surface area contributed by atoms with Crippen LogP contribution in [-0.2, 0) is 14.3 Å². The molecule has 0 aromatic rings. The zero-order valence-electron chi connectivity index (χ0n) is 6.41. The van der Waals surface area contributed by atoms with Crippen LogP contribution in [0.4, 0.5) is 0 Å². The summed E-state index contributed by atoms with van der Waals surface area (Å²) < 4.78 is 4.66. The fourth-order valence-electron chi connectivity index (χ4n) is 0.554. The van der Waals surface area contributed by atoms with E-state index in [-0.39, 0.29) is 12.6 Å². The van der Waals surface area contributed by atoms with Crippen LogP contribution in [0, 0.1) is 0 Å². The van der Waals surface area contributed by atoms with Gasteiger partial charge in [0, 0.05) is 12.8 Å². The first kappa shape index (κ1) is 9.88. The topological polar surface area (TPSA) is 43.4 Å². The zero-order chi connectivity index (χ0) is 8.53. The second kappa shape index (κ2) is 6.99. The largest absolute Gasteiger partial charge is 0.461 e. The summed E-state index contributed by atoms with van der Waals surface area (Å²) in [5.41, 5.74) is 0. The lowest BCUT2D eigenvalue weighted by Gasteiger charge is -1.98. The lowest BCUT2D eigenvalue weighted by atomic mass is 10.2. The number of hydrogen-bond acceptors (Lipinski definition) is 3. The average Bonchev–Trinajstić information content (AvgIpc) is 2.01. The molecule has 0 unspecified atom stereocenters. The molecule has 0 saturated heterocycles. The maximum atomic E-state index is 10.7. The van der Waals surface area contributed by atoms with E-state index in [2.05, 4.69) is 11.3 Å². The quantitative estimate of drug-likeness (QED) is 0.250. The van der Waals surface area contributed by atoms with Crippen LogP contribution in [0.1, 0.15) is 19.3 Å². The third-order valence-electron chi connectivity index (χ3n) is 1.07. The lowest BCUT2D eigenvalue weighted by Crippen LogP contribution is -2.03. The number of hydrogen-bond donors (Lipinski definition) is 0. The van der Waals surface area contributed by atoms with Crippen LogP contribution in [0.5, 0.6) is 0 Å². The van der Waals surface area contributed by atoms with Crippen LogP contribution in [0.2, 0.25) is 0 Å². The van der Waals surface area contributed by atoms with Gasteiger partial charge in [-0.05, 0) is 6.42 Å². The van der Waals surface area contributed by atoms with Crippen molar-refractivity contribution in [2.75, 3.05) is 6.61 Å². The van der Waals surface area contributed by atoms with Gasteiger partial charge >= 0.3 is 5.97 Å². The van der Waals surface area contributed by atoms with Crippen molar-refractivity contribution < 1.29 is 14.3 Å². The zero-order valence-corrected chi connectivity index (χ0v) is 6.41. The number of esters is 1. The van der Waals surface area contributed by atoms with Gasteiger partial charge in [0.2, 0.25) is 0 Å². The average molecular weight is 156 g/mol. The van der Waals surface area contributed by atoms with E-state index < -0.39 is 0 Å². The van der Waals surface area contributed by atoms with E-state index in [0.29, 0.717) is 19.3 Å². The van der Waals surface area contributed by atoms with E-state index in [4.69, 9.17) is 0 Å². The van der Waals surface area contributed by atoms with Crippen molar-refractivity contribution in [3.05, 3.63) is 12.7 Å².